The van der Waals surface area contributed by atoms with Gasteiger partial charge in [0.2, 0.25) is 0 Å². The molecule has 0 aromatic heterocycles. The molecular weight excluding hydrogens is 174 g/mol. The lowest BCUT2D eigenvalue weighted by Gasteiger charge is -2.06. The van der Waals surface area contributed by atoms with Gasteiger partial charge in [0.05, 0.1) is 11.5 Å². The molecule has 1 atom stereocenters. The van der Waals surface area contributed by atoms with E-state index in [1.54, 1.807) is 18.2 Å². The number of benzene rings is 1. The van der Waals surface area contributed by atoms with Crippen LogP contribution < -0.4 is 9.88 Å². The second-order valence-electron chi connectivity index (χ2n) is 2.18. The summed E-state index contributed by atoms with van der Waals surface area (Å²) in [5.74, 6) is 0.598. The highest BCUT2D eigenvalue weighted by molar-refractivity contribution is 7.82. The molecule has 0 unspecified atom stereocenters. The molecule has 0 saturated heterocycles. The van der Waals surface area contributed by atoms with Gasteiger partial charge in [0.25, 0.3) is 0 Å². The van der Waals surface area contributed by atoms with Gasteiger partial charge in [-0.3, -0.25) is 0 Å². The predicted octanol–water partition coefficient (Wildman–Crippen LogP) is 1.07. The fourth-order valence-electron chi connectivity index (χ4n) is 0.891. The van der Waals surface area contributed by atoms with Crippen LogP contribution in [-0.4, -0.2) is 10.8 Å². The summed E-state index contributed by atoms with van der Waals surface area (Å²) < 4.78 is 16.2. The third-order valence-corrected chi connectivity index (χ3v) is 2.14. The largest absolute Gasteiger partial charge is 0.493 e. The molecule has 66 valence electrons. The van der Waals surface area contributed by atoms with E-state index in [1.807, 2.05) is 13.0 Å². The van der Waals surface area contributed by atoms with Crippen molar-refractivity contribution in [3.63, 3.8) is 0 Å². The lowest BCUT2D eigenvalue weighted by Crippen LogP contribution is -2.05. The summed E-state index contributed by atoms with van der Waals surface area (Å²) >= 11 is 0. The zero-order valence-electron chi connectivity index (χ0n) is 6.82. The second kappa shape index (κ2) is 4.23. The van der Waals surface area contributed by atoms with Gasteiger partial charge in [-0.05, 0) is 19.1 Å². The van der Waals surface area contributed by atoms with Gasteiger partial charge in [-0.1, -0.05) is 12.1 Å². The van der Waals surface area contributed by atoms with E-state index in [2.05, 4.69) is 0 Å². The van der Waals surface area contributed by atoms with Crippen LogP contribution in [0.4, 0.5) is 0 Å². The van der Waals surface area contributed by atoms with Crippen molar-refractivity contribution in [1.29, 1.82) is 0 Å². The van der Waals surface area contributed by atoms with Crippen LogP contribution in [0.1, 0.15) is 6.92 Å². The average Bonchev–Trinajstić information content (AvgIpc) is 2.05. The van der Waals surface area contributed by atoms with E-state index in [0.29, 0.717) is 17.3 Å². The minimum Gasteiger partial charge on any atom is -0.493 e. The minimum atomic E-state index is -1.47. The van der Waals surface area contributed by atoms with Gasteiger partial charge >= 0.3 is 0 Å². The maximum atomic E-state index is 10.9. The summed E-state index contributed by atoms with van der Waals surface area (Å²) in [6.07, 6.45) is 0. The van der Waals surface area contributed by atoms with Crippen LogP contribution in [0.2, 0.25) is 0 Å². The summed E-state index contributed by atoms with van der Waals surface area (Å²) in [6.45, 7) is 2.42. The first-order chi connectivity index (χ1) is 5.75. The van der Waals surface area contributed by atoms with Crippen molar-refractivity contribution in [2.75, 3.05) is 6.61 Å². The van der Waals surface area contributed by atoms with Gasteiger partial charge < -0.3 is 4.74 Å². The monoisotopic (exact) mass is 185 g/mol. The average molecular weight is 185 g/mol. The van der Waals surface area contributed by atoms with Gasteiger partial charge in [0, 0.05) is 0 Å². The Morgan fingerprint density at radius 2 is 2.17 bits per heavy atom. The molecule has 0 radical (unpaired) electrons. The summed E-state index contributed by atoms with van der Waals surface area (Å²) in [5, 5.41) is 5.24. The van der Waals surface area contributed by atoms with Crippen LogP contribution in [0, 0.1) is 0 Å². The number of nitrogens with two attached hydrogens (primary N) is 1. The molecule has 0 aliphatic carbocycles. The van der Waals surface area contributed by atoms with Crippen molar-refractivity contribution >= 4 is 11.0 Å². The molecule has 0 saturated carbocycles. The van der Waals surface area contributed by atoms with Crippen LogP contribution in [0.25, 0.3) is 0 Å². The Hall–Kier alpha value is -0.870. The van der Waals surface area contributed by atoms with Crippen molar-refractivity contribution in [1.82, 2.24) is 0 Å². The van der Waals surface area contributed by atoms with Crippen molar-refractivity contribution in [3.05, 3.63) is 24.3 Å². The molecule has 0 heterocycles. The summed E-state index contributed by atoms with van der Waals surface area (Å²) in [6, 6.07) is 7.05. The lowest BCUT2D eigenvalue weighted by atomic mass is 10.3. The maximum absolute atomic E-state index is 10.9. The first-order valence-electron chi connectivity index (χ1n) is 3.63. The first-order valence-corrected chi connectivity index (χ1v) is 4.85. The van der Waals surface area contributed by atoms with Crippen molar-refractivity contribution in [2.24, 2.45) is 5.14 Å². The fourth-order valence-corrected chi connectivity index (χ4v) is 1.43. The molecule has 0 spiro atoms. The van der Waals surface area contributed by atoms with Crippen LogP contribution in [0.5, 0.6) is 5.75 Å². The fraction of sp³-hybridized carbons (Fsp3) is 0.250. The Kier molecular flexibility index (Phi) is 3.25. The van der Waals surface area contributed by atoms with E-state index in [0.717, 1.165) is 0 Å². The standard InChI is InChI=1S/C8H11NO2S/c1-2-11-7-5-3-4-6-8(7)12(9)10/h3-6H,2,9H2,1H3/t12-/m0/s1. The van der Waals surface area contributed by atoms with Gasteiger partial charge in [-0.2, -0.15) is 0 Å². The molecule has 0 aliphatic heterocycles. The number of ether oxygens (including phenoxy) is 1. The van der Waals surface area contributed by atoms with E-state index < -0.39 is 11.0 Å². The molecule has 12 heavy (non-hydrogen) atoms. The van der Waals surface area contributed by atoms with Crippen LogP contribution >= 0.6 is 0 Å². The van der Waals surface area contributed by atoms with Gasteiger partial charge in [-0.15, -0.1) is 0 Å². The number of hydrogen-bond acceptors (Lipinski definition) is 2. The van der Waals surface area contributed by atoms with E-state index in [9.17, 15) is 4.21 Å². The van der Waals surface area contributed by atoms with Crippen LogP contribution in [0.15, 0.2) is 29.2 Å². The number of rotatable bonds is 3. The third-order valence-electron chi connectivity index (χ3n) is 1.37. The topological polar surface area (TPSA) is 52.3 Å². The molecule has 3 nitrogen and oxygen atoms in total. The predicted molar refractivity (Wildman–Crippen MR) is 48.2 cm³/mol. The first kappa shape index (κ1) is 9.22. The highest BCUT2D eigenvalue weighted by atomic mass is 32.2. The van der Waals surface area contributed by atoms with E-state index >= 15 is 0 Å². The minimum absolute atomic E-state index is 0.541. The Labute approximate surface area is 74.1 Å². The molecule has 1 aromatic carbocycles. The van der Waals surface area contributed by atoms with Crippen LogP contribution in [-0.2, 0) is 11.0 Å². The normalized spacial score (nSPS) is 12.5. The number of hydrogen-bond donors (Lipinski definition) is 1. The molecule has 1 rings (SSSR count). The molecule has 2 N–H and O–H groups in total. The van der Waals surface area contributed by atoms with Crippen molar-refractivity contribution < 1.29 is 8.95 Å². The van der Waals surface area contributed by atoms with Gasteiger partial charge in [0.15, 0.2) is 0 Å². The van der Waals surface area contributed by atoms with E-state index in [-0.39, 0.29) is 0 Å². The Balaban J connectivity index is 3.00. The van der Waals surface area contributed by atoms with Crippen molar-refractivity contribution in [3.8, 4) is 5.75 Å². The maximum Gasteiger partial charge on any atom is 0.136 e. The molecule has 0 aliphatic rings. The molecule has 0 amide bonds. The zero-order valence-corrected chi connectivity index (χ0v) is 7.64. The zero-order chi connectivity index (χ0) is 8.97. The molecule has 0 fully saturated rings. The molecule has 4 heteroatoms. The second-order valence-corrected chi connectivity index (χ2v) is 3.21. The number of para-hydroxylation sites is 1. The Morgan fingerprint density at radius 1 is 1.50 bits per heavy atom. The molecule has 0 bridgehead atoms. The van der Waals surface area contributed by atoms with Gasteiger partial charge in [0.1, 0.15) is 16.7 Å². The summed E-state index contributed by atoms with van der Waals surface area (Å²) in [5.41, 5.74) is 0. The quantitative estimate of drug-likeness (QED) is 0.765. The van der Waals surface area contributed by atoms with Crippen LogP contribution in [0.3, 0.4) is 0 Å². The van der Waals surface area contributed by atoms with Gasteiger partial charge in [-0.25, -0.2) is 9.35 Å². The highest BCUT2D eigenvalue weighted by Crippen LogP contribution is 2.19. The molecular formula is C8H11NO2S. The Bertz CT molecular complexity index is 288. The summed E-state index contributed by atoms with van der Waals surface area (Å²) in [7, 11) is -1.47. The van der Waals surface area contributed by atoms with E-state index in [1.165, 1.54) is 0 Å². The highest BCUT2D eigenvalue weighted by Gasteiger charge is 2.04. The lowest BCUT2D eigenvalue weighted by molar-refractivity contribution is 0.332. The van der Waals surface area contributed by atoms with E-state index in [4.69, 9.17) is 9.88 Å². The SMILES string of the molecule is CCOc1ccccc1[S@@](N)=O. The Morgan fingerprint density at radius 3 is 2.75 bits per heavy atom. The van der Waals surface area contributed by atoms with Crippen molar-refractivity contribution in [2.45, 2.75) is 11.8 Å². The third kappa shape index (κ3) is 2.06. The summed E-state index contributed by atoms with van der Waals surface area (Å²) in [4.78, 5) is 0.541. The molecule has 1 aromatic rings. The smallest absolute Gasteiger partial charge is 0.136 e.